The molecule has 0 aliphatic heterocycles. The van der Waals surface area contributed by atoms with Crippen LogP contribution < -0.4 is 10.5 Å². The number of aliphatic hydroxyl groups excluding tert-OH is 3. The van der Waals surface area contributed by atoms with Gasteiger partial charge in [-0.05, 0) is 86.1 Å². The van der Waals surface area contributed by atoms with Crippen LogP contribution in [-0.4, -0.2) is 45.2 Å². The molecule has 45 heavy (non-hydrogen) atoms. The van der Waals surface area contributed by atoms with Crippen molar-refractivity contribution < 1.29 is 38.8 Å². The van der Waals surface area contributed by atoms with Gasteiger partial charge < -0.3 is 30.5 Å². The number of nitrogen functional groups attached to an aromatic ring is 1. The first-order chi connectivity index (χ1) is 21.3. The van der Waals surface area contributed by atoms with Gasteiger partial charge in [-0.3, -0.25) is 9.59 Å². The van der Waals surface area contributed by atoms with E-state index in [2.05, 4.69) is 6.92 Å². The van der Waals surface area contributed by atoms with E-state index in [1.165, 1.54) is 0 Å². The Bertz CT molecular complexity index is 1590. The van der Waals surface area contributed by atoms with E-state index in [4.69, 9.17) is 15.2 Å². The number of aryl methyl sites for hydroxylation is 1. The molecule has 9 heteroatoms. The van der Waals surface area contributed by atoms with E-state index in [0.717, 1.165) is 12.0 Å². The third kappa shape index (κ3) is 5.23. The van der Waals surface area contributed by atoms with E-state index in [9.17, 15) is 24.9 Å². The second-order valence-electron chi connectivity index (χ2n) is 14.0. The van der Waals surface area contributed by atoms with E-state index in [0.29, 0.717) is 29.8 Å². The van der Waals surface area contributed by atoms with Gasteiger partial charge >= 0.3 is 0 Å². The first kappa shape index (κ1) is 31.6. The van der Waals surface area contributed by atoms with Gasteiger partial charge in [0.05, 0.1) is 11.8 Å². The van der Waals surface area contributed by atoms with Gasteiger partial charge in [-0.15, -0.1) is 0 Å². The Labute approximate surface area is 262 Å². The van der Waals surface area contributed by atoms with Crippen LogP contribution in [0.4, 0.5) is 10.1 Å². The molecule has 6 rings (SSSR count). The van der Waals surface area contributed by atoms with Gasteiger partial charge in [-0.2, -0.15) is 0 Å². The highest BCUT2D eigenvalue weighted by atomic mass is 19.1. The molecule has 4 aliphatic carbocycles. The highest BCUT2D eigenvalue weighted by Crippen LogP contribution is 2.67. The molecule has 0 spiro atoms. The summed E-state index contributed by atoms with van der Waals surface area (Å²) in [5.74, 6) is -1.16. The monoisotopic (exact) mass is 619 g/mol. The van der Waals surface area contributed by atoms with Crippen LogP contribution in [0.5, 0.6) is 5.75 Å². The predicted molar refractivity (Wildman–Crippen MR) is 165 cm³/mol. The smallest absolute Gasteiger partial charge is 0.190 e. The van der Waals surface area contributed by atoms with Crippen LogP contribution in [-0.2, 0) is 20.9 Å². The zero-order valence-electron chi connectivity index (χ0n) is 26.0. The zero-order chi connectivity index (χ0) is 32.3. The van der Waals surface area contributed by atoms with Crippen molar-refractivity contribution >= 4 is 17.3 Å². The minimum Gasteiger partial charge on any atom is -0.487 e. The number of halogens is 1. The van der Waals surface area contributed by atoms with Crippen LogP contribution in [0.3, 0.4) is 0 Å². The summed E-state index contributed by atoms with van der Waals surface area (Å²) < 4.78 is 28.0. The van der Waals surface area contributed by atoms with Crippen molar-refractivity contribution in [3.8, 4) is 5.75 Å². The molecular formula is C36H42FNO7. The van der Waals surface area contributed by atoms with E-state index in [1.54, 1.807) is 55.5 Å². The van der Waals surface area contributed by atoms with Crippen molar-refractivity contribution in [2.75, 3.05) is 12.3 Å². The molecule has 1 unspecified atom stereocenters. The number of hydrogen-bond acceptors (Lipinski definition) is 8. The largest absolute Gasteiger partial charge is 0.487 e. The maximum atomic E-state index is 16.0. The van der Waals surface area contributed by atoms with Crippen molar-refractivity contribution in [1.82, 2.24) is 0 Å². The topological polar surface area (TPSA) is 139 Å². The molecule has 3 fully saturated rings. The number of para-hydroxylation sites is 2. The summed E-state index contributed by atoms with van der Waals surface area (Å²) >= 11 is 0. The lowest BCUT2D eigenvalue weighted by molar-refractivity contribution is -0.199. The first-order valence-corrected chi connectivity index (χ1v) is 15.7. The van der Waals surface area contributed by atoms with E-state index in [-0.39, 0.29) is 54.1 Å². The fourth-order valence-electron chi connectivity index (χ4n) is 9.14. The lowest BCUT2D eigenvalue weighted by atomic mass is 9.47. The Balaban J connectivity index is 1.29. The number of anilines is 1. The number of benzene rings is 2. The van der Waals surface area contributed by atoms with Gasteiger partial charge in [-0.25, -0.2) is 4.39 Å². The second kappa shape index (κ2) is 11.5. The molecule has 0 saturated heterocycles. The molecule has 0 radical (unpaired) electrons. The molecular weight excluding hydrogens is 577 g/mol. The van der Waals surface area contributed by atoms with Crippen LogP contribution in [0.25, 0.3) is 0 Å². The third-order valence-corrected chi connectivity index (χ3v) is 11.3. The fourth-order valence-corrected chi connectivity index (χ4v) is 9.14. The maximum Gasteiger partial charge on any atom is 0.190 e. The van der Waals surface area contributed by atoms with Crippen LogP contribution >= 0.6 is 0 Å². The lowest BCUT2D eigenvalue weighted by Gasteiger charge is -2.57. The molecule has 0 bridgehead atoms. The number of aliphatic hydroxyl groups is 3. The molecule has 0 aromatic heterocycles. The Morgan fingerprint density at radius 2 is 1.93 bits per heavy atom. The predicted octanol–water partition coefficient (Wildman–Crippen LogP) is 4.88. The zero-order valence-corrected chi connectivity index (χ0v) is 26.0. The van der Waals surface area contributed by atoms with Crippen molar-refractivity contribution in [3.05, 3.63) is 82.7 Å². The number of rotatable bonds is 8. The number of carbonyl (C=O) groups is 2. The molecule has 8 nitrogen and oxygen atoms in total. The summed E-state index contributed by atoms with van der Waals surface area (Å²) in [5.41, 5.74) is 5.31. The number of nitrogens with two attached hydrogens (primary N) is 1. The Morgan fingerprint density at radius 1 is 1.18 bits per heavy atom. The number of Topliss-reactive ketones (excluding diaryl/α,β-unsaturated/α-hetero) is 1. The highest BCUT2D eigenvalue weighted by Gasteiger charge is 2.65. The second-order valence-corrected chi connectivity index (χ2v) is 14.0. The normalized spacial score (nSPS) is 34.4. The van der Waals surface area contributed by atoms with Gasteiger partial charge in [0.2, 0.25) is 0 Å². The van der Waals surface area contributed by atoms with E-state index in [1.807, 2.05) is 13.0 Å². The van der Waals surface area contributed by atoms with Gasteiger partial charge in [0, 0.05) is 22.5 Å². The van der Waals surface area contributed by atoms with E-state index < -0.39 is 47.0 Å². The summed E-state index contributed by atoms with van der Waals surface area (Å²) in [7, 11) is 0. The molecule has 4 aliphatic rings. The molecule has 240 valence electrons. The summed E-state index contributed by atoms with van der Waals surface area (Å²) in [4.78, 5) is 25.7. The Kier molecular flexibility index (Phi) is 8.05. The SMILES string of the molecule is Cc1ccc(COc2ccccc2N)c(F)c1[C@@H](O)O[C@]1(C(=O)CO)CC2[C@@H]3CCC4=CC(=O)C=C[C@]4(C)[C@H]3[C@@H](O)C[C@]2(C)C1. The minimum absolute atomic E-state index is 0.0113. The average Bonchev–Trinajstić information content (AvgIpc) is 3.29. The third-order valence-electron chi connectivity index (χ3n) is 11.3. The fraction of sp³-hybridized carbons (Fsp3) is 0.500. The number of fused-ring (bicyclic) bond motifs is 5. The van der Waals surface area contributed by atoms with Crippen LogP contribution in [0.1, 0.15) is 68.9 Å². The molecule has 0 amide bonds. The standard InChI is InChI=1S/C36H42FNO7/c1-20-8-9-21(18-44-28-7-5-4-6-26(28)38)32(37)30(20)33(43)45-36(29(42)17-39)15-25-24-11-10-22-14-23(40)12-13-35(22,3)31(24)27(41)16-34(25,2)19-36/h4-9,12-14,24-25,27,31,33,39,41,43H,10-11,15-19,38H2,1-3H3/t24-,25?,27-,31+,33-,34+,35-,36+/m0/s1. The number of hydrogen-bond donors (Lipinski definition) is 4. The first-order valence-electron chi connectivity index (χ1n) is 15.7. The number of ketones is 2. The van der Waals surface area contributed by atoms with Crippen LogP contribution in [0.2, 0.25) is 0 Å². The number of carbonyl (C=O) groups excluding carboxylic acids is 2. The molecule has 2 aromatic carbocycles. The summed E-state index contributed by atoms with van der Waals surface area (Å²) in [6.07, 6.45) is 4.92. The molecule has 2 aromatic rings. The lowest BCUT2D eigenvalue weighted by Crippen LogP contribution is -2.54. The van der Waals surface area contributed by atoms with Crippen LogP contribution in [0, 0.1) is 41.3 Å². The quantitative estimate of drug-likeness (QED) is 0.242. The van der Waals surface area contributed by atoms with Gasteiger partial charge in [-0.1, -0.05) is 49.8 Å². The summed E-state index contributed by atoms with van der Waals surface area (Å²) in [6, 6.07) is 10.1. The van der Waals surface area contributed by atoms with Crippen molar-refractivity contribution in [1.29, 1.82) is 0 Å². The van der Waals surface area contributed by atoms with Gasteiger partial charge in [0.25, 0.3) is 0 Å². The number of allylic oxidation sites excluding steroid dienone is 4. The van der Waals surface area contributed by atoms with Crippen molar-refractivity contribution in [2.24, 2.45) is 28.6 Å². The maximum absolute atomic E-state index is 16.0. The molecule has 0 heterocycles. The van der Waals surface area contributed by atoms with Gasteiger partial charge in [0.15, 0.2) is 17.9 Å². The molecule has 3 saturated carbocycles. The number of ether oxygens (including phenoxy) is 2. The van der Waals surface area contributed by atoms with Gasteiger partial charge in [0.1, 0.15) is 30.4 Å². The minimum atomic E-state index is -1.79. The molecule has 5 N–H and O–H groups in total. The molecule has 8 atom stereocenters. The van der Waals surface area contributed by atoms with Crippen LogP contribution in [0.15, 0.2) is 60.2 Å². The highest BCUT2D eigenvalue weighted by molar-refractivity contribution is 6.01. The average molecular weight is 620 g/mol. The Hall–Kier alpha value is -3.37. The Morgan fingerprint density at radius 3 is 2.67 bits per heavy atom. The van der Waals surface area contributed by atoms with Crippen molar-refractivity contribution in [3.63, 3.8) is 0 Å². The summed E-state index contributed by atoms with van der Waals surface area (Å²) in [5, 5.41) is 33.2. The summed E-state index contributed by atoms with van der Waals surface area (Å²) in [6.45, 7) is 4.82. The van der Waals surface area contributed by atoms with Crippen molar-refractivity contribution in [2.45, 2.75) is 77.5 Å². The van der Waals surface area contributed by atoms with E-state index >= 15 is 4.39 Å².